The van der Waals surface area contributed by atoms with Gasteiger partial charge in [-0.25, -0.2) is 0 Å². The number of aliphatic hydroxyl groups excluding tert-OH is 1. The molecule has 0 spiro atoms. The molecule has 0 aromatic carbocycles. The van der Waals surface area contributed by atoms with Gasteiger partial charge >= 0.3 is 0 Å². The Balaban J connectivity index is 1.49. The van der Waals surface area contributed by atoms with E-state index in [1.807, 2.05) is 27.7 Å². The smallest absolute Gasteiger partial charge is 0.248 e. The fourth-order valence-electron chi connectivity index (χ4n) is 16.5. The number of carbonyl (C=O) groups excluding carboxylic acids is 12. The summed E-state index contributed by atoms with van der Waals surface area (Å²) in [6.07, 6.45) is 13.3. The number of piperidine rings is 1. The van der Waals surface area contributed by atoms with Crippen molar-refractivity contribution < 1.29 is 67.4 Å². The second-order valence-corrected chi connectivity index (χ2v) is 34.1. The lowest BCUT2D eigenvalue weighted by Gasteiger charge is -2.41. The summed E-state index contributed by atoms with van der Waals surface area (Å²) in [7, 11) is 8.69. The van der Waals surface area contributed by atoms with Crippen LogP contribution in [0.1, 0.15) is 230 Å². The van der Waals surface area contributed by atoms with E-state index in [1.54, 1.807) is 46.6 Å². The van der Waals surface area contributed by atoms with Crippen LogP contribution in [0.5, 0.6) is 0 Å². The zero-order valence-corrected chi connectivity index (χ0v) is 66.6. The molecule has 5 N–H and O–H groups in total. The number of halogens is 1. The predicted molar refractivity (Wildman–Crippen MR) is 398 cm³/mol. The largest absolute Gasteiger partial charge is 0.391 e. The number of nitrogens with zero attached hydrogens (tertiary/aromatic N) is 8. The molecule has 3 heterocycles. The molecule has 2 unspecified atom stereocenters. The molecule has 26 nitrogen and oxygen atoms in total. The van der Waals surface area contributed by atoms with Gasteiger partial charge < -0.3 is 70.3 Å². The third-order valence-electron chi connectivity index (χ3n) is 22.6. The minimum Gasteiger partial charge on any atom is -0.391 e. The molecule has 0 aromatic rings. The maximum absolute atomic E-state index is 15.9. The standard InChI is InChI=1S/C77H131ClN12O14/c1-47(2)38-59-69(96)82-65(50(7)91)76(103)83(11)45-64(93)88(16)66(49(5)6)70(97)80-56(42-52-30-22-18-23-31-52)71(98)85(13)61(43-53-32-26-33-54(78)40-53)74(101)86(14)60(39-48(3)4)73(100)87(15)62(75(102)89-35-24-19-25-36-89)44-63(92)90-37-27-34-58(90)68(95)79-55(41-51-28-20-17-21-29-51)67(94)81-57(72(99)84(59)12)46-104-77(8,9)10/h47-62,65-66,91H,17-46H2,1-16H3,(H,79,95)(H,80,97)(H,81,94)(H,82,96)/t50-,53?,54?,55+,56+,57+,58+,59+,60+,61+,62+,65+,66+/m1/s1. The first-order valence-corrected chi connectivity index (χ1v) is 39.7. The molecular weight excluding hydrogens is 1350 g/mol. The van der Waals surface area contributed by atoms with Gasteiger partial charge in [-0.3, -0.25) is 57.5 Å². The Kier molecular flexibility index (Phi) is 33.5. The predicted octanol–water partition coefficient (Wildman–Crippen LogP) is 6.00. The van der Waals surface area contributed by atoms with Gasteiger partial charge in [0.1, 0.15) is 60.4 Å². The lowest BCUT2D eigenvalue weighted by atomic mass is 9.83. The summed E-state index contributed by atoms with van der Waals surface area (Å²) in [6, 6.07) is -12.9. The van der Waals surface area contributed by atoms with Crippen molar-refractivity contribution in [2.75, 3.05) is 75.1 Å². The summed E-state index contributed by atoms with van der Waals surface area (Å²) >= 11 is 6.86. The number of hydrogen-bond acceptors (Lipinski definition) is 14. The zero-order chi connectivity index (χ0) is 77.2. The molecule has 6 fully saturated rings. The van der Waals surface area contributed by atoms with Crippen molar-refractivity contribution in [1.29, 1.82) is 0 Å². The monoisotopic (exact) mass is 1480 g/mol. The number of likely N-dealkylation sites (N-methyl/N-ethyl adjacent to an activating group) is 6. The minimum absolute atomic E-state index is 0.00597. The van der Waals surface area contributed by atoms with Gasteiger partial charge in [-0.15, -0.1) is 11.6 Å². The number of aliphatic hydroxyl groups is 1. The number of rotatable bonds is 15. The highest BCUT2D eigenvalue weighted by atomic mass is 35.5. The third-order valence-corrected chi connectivity index (χ3v) is 23.0. The Labute approximate surface area is 625 Å². The van der Waals surface area contributed by atoms with Gasteiger partial charge in [-0.1, -0.05) is 119 Å². The summed E-state index contributed by atoms with van der Waals surface area (Å²) in [5, 5.41) is 22.8. The highest BCUT2D eigenvalue weighted by Crippen LogP contribution is 2.35. The van der Waals surface area contributed by atoms with Gasteiger partial charge in [-0.05, 0) is 140 Å². The van der Waals surface area contributed by atoms with Gasteiger partial charge in [0, 0.05) is 67.3 Å². The molecule has 13 atom stereocenters. The van der Waals surface area contributed by atoms with Crippen LogP contribution in [-0.2, 0) is 62.3 Å². The zero-order valence-electron chi connectivity index (χ0n) is 65.8. The Morgan fingerprint density at radius 2 is 1.01 bits per heavy atom. The Morgan fingerprint density at radius 1 is 0.500 bits per heavy atom. The van der Waals surface area contributed by atoms with Crippen molar-refractivity contribution in [3.63, 3.8) is 0 Å². The van der Waals surface area contributed by atoms with Crippen molar-refractivity contribution in [1.82, 2.24) is 60.5 Å². The van der Waals surface area contributed by atoms with Crippen LogP contribution in [0.3, 0.4) is 0 Å². The fraction of sp³-hybridized carbons (Fsp3) is 0.844. The molecule has 590 valence electrons. The first kappa shape index (κ1) is 86.8. The molecule has 3 aliphatic carbocycles. The van der Waals surface area contributed by atoms with Crippen molar-refractivity contribution >= 4 is 82.5 Å². The molecule has 3 aliphatic heterocycles. The molecule has 6 aliphatic rings. The average Bonchev–Trinajstić information content (AvgIpc) is 1.28. The van der Waals surface area contributed by atoms with Crippen LogP contribution in [0.25, 0.3) is 0 Å². The van der Waals surface area contributed by atoms with Crippen molar-refractivity contribution in [2.45, 2.75) is 307 Å². The van der Waals surface area contributed by atoms with Crippen LogP contribution in [0, 0.1) is 35.5 Å². The average molecular weight is 1480 g/mol. The molecule has 104 heavy (non-hydrogen) atoms. The van der Waals surface area contributed by atoms with E-state index in [0.717, 1.165) is 94.8 Å². The van der Waals surface area contributed by atoms with E-state index in [2.05, 4.69) is 21.3 Å². The molecule has 6 rings (SSSR count). The van der Waals surface area contributed by atoms with Gasteiger partial charge in [-0.2, -0.15) is 0 Å². The lowest BCUT2D eigenvalue weighted by Crippen LogP contribution is -2.62. The molecule has 27 heteroatoms. The maximum Gasteiger partial charge on any atom is 0.248 e. The highest BCUT2D eigenvalue weighted by Gasteiger charge is 2.47. The van der Waals surface area contributed by atoms with E-state index in [1.165, 1.54) is 71.6 Å². The molecule has 3 saturated heterocycles. The molecule has 0 aromatic heterocycles. The van der Waals surface area contributed by atoms with Crippen molar-refractivity contribution in [3.8, 4) is 0 Å². The van der Waals surface area contributed by atoms with Gasteiger partial charge in [0.15, 0.2) is 0 Å². The summed E-state index contributed by atoms with van der Waals surface area (Å²) in [5.74, 6) is -8.89. The minimum atomic E-state index is -1.65. The molecule has 3 saturated carbocycles. The van der Waals surface area contributed by atoms with E-state index < -0.39 is 162 Å². The molecule has 12 amide bonds. The topological polar surface area (TPSA) is 308 Å². The number of ether oxygens (including phenoxy) is 1. The number of hydrogen-bond donors (Lipinski definition) is 5. The number of alkyl halides is 1. The number of carbonyl (C=O) groups is 12. The van der Waals surface area contributed by atoms with Gasteiger partial charge in [0.25, 0.3) is 0 Å². The molecular formula is C77H131ClN12O14. The maximum atomic E-state index is 15.9. The first-order chi connectivity index (χ1) is 48.9. The Morgan fingerprint density at radius 3 is 1.57 bits per heavy atom. The summed E-state index contributed by atoms with van der Waals surface area (Å²) in [4.78, 5) is 193. The highest BCUT2D eigenvalue weighted by molar-refractivity contribution is 6.20. The van der Waals surface area contributed by atoms with Crippen LogP contribution in [0.15, 0.2) is 0 Å². The van der Waals surface area contributed by atoms with Crippen LogP contribution in [-0.4, -0.2) is 268 Å². The van der Waals surface area contributed by atoms with Crippen LogP contribution >= 0.6 is 11.6 Å². The number of fused-ring (bicyclic) bond motifs is 1. The van der Waals surface area contributed by atoms with E-state index in [-0.39, 0.29) is 86.6 Å². The van der Waals surface area contributed by atoms with E-state index in [4.69, 9.17) is 16.3 Å². The summed E-state index contributed by atoms with van der Waals surface area (Å²) < 4.78 is 6.21. The summed E-state index contributed by atoms with van der Waals surface area (Å²) in [5.41, 5.74) is -0.834. The van der Waals surface area contributed by atoms with Crippen molar-refractivity contribution in [3.05, 3.63) is 0 Å². The van der Waals surface area contributed by atoms with E-state index in [0.29, 0.717) is 38.8 Å². The third kappa shape index (κ3) is 24.4. The SMILES string of the molecule is CC(C)C[C@H]1C(=O)N[C@@H]([C@@H](C)O)C(=O)N(C)CC(=O)N(C)[C@@H](C(C)C)C(=O)N[C@@H](CC2CCCCC2)C(=O)N(C)[C@@H](CC2CCCC(Cl)C2)C(=O)N(C)[C@@H](CC(C)C)C(=O)N(C)[C@H](C(=O)N2CCCCC2)CC(=O)N2CCC[C@H]2C(=O)N[C@@H](CC2CCCCC2)C(=O)N[C@@H](COC(C)(C)C)C(=O)N1C. The fourth-order valence-corrected chi connectivity index (χ4v) is 16.9. The quantitative estimate of drug-likeness (QED) is 0.118. The van der Waals surface area contributed by atoms with Crippen molar-refractivity contribution in [2.24, 2.45) is 35.5 Å². The van der Waals surface area contributed by atoms with Crippen LogP contribution < -0.4 is 21.3 Å². The number of likely N-dealkylation sites (tertiary alicyclic amines) is 1. The van der Waals surface area contributed by atoms with Gasteiger partial charge in [0.05, 0.1) is 31.3 Å². The van der Waals surface area contributed by atoms with Gasteiger partial charge in [0.2, 0.25) is 70.9 Å². The van der Waals surface area contributed by atoms with E-state index in [9.17, 15) is 19.5 Å². The normalized spacial score (nSPS) is 29.7. The second-order valence-electron chi connectivity index (χ2n) is 33.5. The lowest BCUT2D eigenvalue weighted by molar-refractivity contribution is -0.156. The Bertz CT molecular complexity index is 2930. The number of amides is 12. The summed E-state index contributed by atoms with van der Waals surface area (Å²) in [6.45, 7) is 17.6. The van der Waals surface area contributed by atoms with E-state index >= 15 is 43.2 Å². The molecule has 0 bridgehead atoms. The number of nitrogens with one attached hydrogen (secondary N) is 4. The molecule has 0 radical (unpaired) electrons. The first-order valence-electron chi connectivity index (χ1n) is 39.2. The van der Waals surface area contributed by atoms with Crippen LogP contribution in [0.4, 0.5) is 0 Å². The Hall–Kier alpha value is -6.15. The van der Waals surface area contributed by atoms with Crippen LogP contribution in [0.2, 0.25) is 0 Å². The second kappa shape index (κ2) is 40.2.